The predicted octanol–water partition coefficient (Wildman–Crippen LogP) is 0.943. The molecule has 26 heavy (non-hydrogen) atoms. The SMILES string of the molecule is COC(=O)[C@@]1(c2ccccc2)CCN(C(=O)c2cn3c(n2)CNCC3)C1. The Morgan fingerprint density at radius 1 is 1.23 bits per heavy atom. The minimum absolute atomic E-state index is 0.131. The van der Waals surface area contributed by atoms with Crippen LogP contribution in [-0.4, -0.2) is 53.1 Å². The molecule has 136 valence electrons. The summed E-state index contributed by atoms with van der Waals surface area (Å²) in [5, 5.41) is 3.25. The molecule has 0 aliphatic carbocycles. The third-order valence-corrected chi connectivity index (χ3v) is 5.35. The molecule has 2 aromatic rings. The molecule has 0 bridgehead atoms. The number of likely N-dealkylation sites (tertiary alicyclic amines) is 1. The van der Waals surface area contributed by atoms with Crippen LogP contribution < -0.4 is 5.32 Å². The third-order valence-electron chi connectivity index (χ3n) is 5.35. The van der Waals surface area contributed by atoms with Gasteiger partial charge in [0, 0.05) is 32.4 Å². The van der Waals surface area contributed by atoms with E-state index in [1.807, 2.05) is 41.1 Å². The molecule has 0 saturated carbocycles. The largest absolute Gasteiger partial charge is 0.468 e. The number of imidazole rings is 1. The number of nitrogens with zero attached hydrogens (tertiary/aromatic N) is 3. The Labute approximate surface area is 152 Å². The number of amides is 1. The van der Waals surface area contributed by atoms with Crippen molar-refractivity contribution in [2.24, 2.45) is 0 Å². The Morgan fingerprint density at radius 3 is 2.77 bits per heavy atom. The van der Waals surface area contributed by atoms with Crippen molar-refractivity contribution in [2.75, 3.05) is 26.7 Å². The number of aromatic nitrogens is 2. The topological polar surface area (TPSA) is 76.5 Å². The summed E-state index contributed by atoms with van der Waals surface area (Å²) < 4.78 is 7.11. The summed E-state index contributed by atoms with van der Waals surface area (Å²) >= 11 is 0. The normalized spacial score (nSPS) is 22.1. The van der Waals surface area contributed by atoms with E-state index in [2.05, 4.69) is 10.3 Å². The highest BCUT2D eigenvalue weighted by Gasteiger charge is 2.48. The number of hydrogen-bond donors (Lipinski definition) is 1. The summed E-state index contributed by atoms with van der Waals surface area (Å²) in [6.45, 7) is 3.17. The zero-order chi connectivity index (χ0) is 18.1. The third kappa shape index (κ3) is 2.68. The van der Waals surface area contributed by atoms with Gasteiger partial charge < -0.3 is 19.5 Å². The first-order valence-electron chi connectivity index (χ1n) is 8.84. The second-order valence-electron chi connectivity index (χ2n) is 6.83. The molecule has 0 unspecified atom stereocenters. The van der Waals surface area contributed by atoms with E-state index in [1.165, 1.54) is 7.11 Å². The average Bonchev–Trinajstić information content (AvgIpc) is 3.33. The molecule has 2 aliphatic heterocycles. The Balaban J connectivity index is 1.60. The number of carbonyl (C=O) groups is 2. The van der Waals surface area contributed by atoms with Crippen molar-refractivity contribution in [1.29, 1.82) is 0 Å². The number of fused-ring (bicyclic) bond motifs is 1. The van der Waals surface area contributed by atoms with Crippen LogP contribution in [0, 0.1) is 0 Å². The van der Waals surface area contributed by atoms with Crippen molar-refractivity contribution in [1.82, 2.24) is 19.8 Å². The van der Waals surface area contributed by atoms with E-state index in [4.69, 9.17) is 4.74 Å². The molecule has 1 aromatic carbocycles. The standard InChI is InChI=1S/C19H22N4O3/c1-26-18(25)19(14-5-3-2-4-6-14)7-9-23(13-19)17(24)15-12-22-10-8-20-11-16(22)21-15/h2-6,12,20H,7-11,13H2,1H3/t19-/m0/s1. The van der Waals surface area contributed by atoms with Gasteiger partial charge in [0.1, 0.15) is 16.9 Å². The zero-order valence-corrected chi connectivity index (χ0v) is 14.8. The fourth-order valence-corrected chi connectivity index (χ4v) is 3.91. The number of rotatable bonds is 3. The highest BCUT2D eigenvalue weighted by molar-refractivity contribution is 5.94. The molecule has 1 saturated heterocycles. The van der Waals surface area contributed by atoms with Gasteiger partial charge in [-0.15, -0.1) is 0 Å². The van der Waals surface area contributed by atoms with Crippen molar-refractivity contribution in [3.63, 3.8) is 0 Å². The van der Waals surface area contributed by atoms with E-state index >= 15 is 0 Å². The van der Waals surface area contributed by atoms with Crippen LogP contribution in [0.15, 0.2) is 36.5 Å². The van der Waals surface area contributed by atoms with Gasteiger partial charge >= 0.3 is 5.97 Å². The fourth-order valence-electron chi connectivity index (χ4n) is 3.91. The van der Waals surface area contributed by atoms with Crippen molar-refractivity contribution in [3.8, 4) is 0 Å². The van der Waals surface area contributed by atoms with E-state index in [1.54, 1.807) is 4.90 Å². The molecule has 3 heterocycles. The lowest BCUT2D eigenvalue weighted by Crippen LogP contribution is -2.41. The maximum absolute atomic E-state index is 13.0. The van der Waals surface area contributed by atoms with Gasteiger partial charge in [0.05, 0.1) is 13.7 Å². The molecule has 1 atom stereocenters. The molecule has 2 aliphatic rings. The maximum Gasteiger partial charge on any atom is 0.318 e. The Bertz CT molecular complexity index is 809. The van der Waals surface area contributed by atoms with Gasteiger partial charge in [-0.25, -0.2) is 4.98 Å². The lowest BCUT2D eigenvalue weighted by Gasteiger charge is -2.26. The summed E-state index contributed by atoms with van der Waals surface area (Å²) in [5.41, 5.74) is 0.514. The van der Waals surface area contributed by atoms with Crippen LogP contribution in [0.4, 0.5) is 0 Å². The summed E-state index contributed by atoms with van der Waals surface area (Å²) in [5.74, 6) is 0.446. The van der Waals surface area contributed by atoms with Crippen LogP contribution in [-0.2, 0) is 28.0 Å². The first-order chi connectivity index (χ1) is 12.6. The molecule has 7 nitrogen and oxygen atoms in total. The van der Waals surface area contributed by atoms with Gasteiger partial charge in [-0.2, -0.15) is 0 Å². The smallest absolute Gasteiger partial charge is 0.318 e. The second kappa shape index (κ2) is 6.57. The minimum Gasteiger partial charge on any atom is -0.468 e. The van der Waals surface area contributed by atoms with Crippen LogP contribution in [0.5, 0.6) is 0 Å². The Kier molecular flexibility index (Phi) is 4.24. The molecule has 0 spiro atoms. The van der Waals surface area contributed by atoms with E-state index in [0.29, 0.717) is 31.7 Å². The van der Waals surface area contributed by atoms with Crippen LogP contribution in [0.2, 0.25) is 0 Å². The zero-order valence-electron chi connectivity index (χ0n) is 14.8. The van der Waals surface area contributed by atoms with Crippen molar-refractivity contribution >= 4 is 11.9 Å². The summed E-state index contributed by atoms with van der Waals surface area (Å²) in [4.78, 5) is 31.8. The van der Waals surface area contributed by atoms with Gasteiger partial charge in [0.2, 0.25) is 0 Å². The number of methoxy groups -OCH3 is 1. The summed E-state index contributed by atoms with van der Waals surface area (Å²) in [6, 6.07) is 9.57. The molecule has 4 rings (SSSR count). The molecule has 0 radical (unpaired) electrons. The van der Waals surface area contributed by atoms with Gasteiger partial charge in [-0.05, 0) is 12.0 Å². The monoisotopic (exact) mass is 354 g/mol. The first-order valence-corrected chi connectivity index (χ1v) is 8.84. The molecule has 1 amide bonds. The lowest BCUT2D eigenvalue weighted by molar-refractivity contribution is -0.147. The average molecular weight is 354 g/mol. The number of ether oxygens (including phenoxy) is 1. The number of benzene rings is 1. The maximum atomic E-state index is 13.0. The molecule has 1 fully saturated rings. The Hall–Kier alpha value is -2.67. The second-order valence-corrected chi connectivity index (χ2v) is 6.83. The predicted molar refractivity (Wildman–Crippen MR) is 94.6 cm³/mol. The van der Waals surface area contributed by atoms with Crippen molar-refractivity contribution in [3.05, 3.63) is 53.6 Å². The number of carbonyl (C=O) groups excluding carboxylic acids is 2. The number of esters is 1. The van der Waals surface area contributed by atoms with Crippen LogP contribution in [0.25, 0.3) is 0 Å². The lowest BCUT2D eigenvalue weighted by atomic mass is 9.79. The Morgan fingerprint density at radius 2 is 2.04 bits per heavy atom. The van der Waals surface area contributed by atoms with Gasteiger partial charge in [-0.3, -0.25) is 9.59 Å². The highest BCUT2D eigenvalue weighted by atomic mass is 16.5. The first kappa shape index (κ1) is 16.8. The van der Waals surface area contributed by atoms with Crippen molar-refractivity contribution < 1.29 is 14.3 Å². The van der Waals surface area contributed by atoms with Crippen LogP contribution in [0.3, 0.4) is 0 Å². The van der Waals surface area contributed by atoms with Crippen LogP contribution >= 0.6 is 0 Å². The molecule has 1 N–H and O–H groups in total. The molecular weight excluding hydrogens is 332 g/mol. The quantitative estimate of drug-likeness (QED) is 0.831. The fraction of sp³-hybridized carbons (Fsp3) is 0.421. The van der Waals surface area contributed by atoms with Gasteiger partial charge in [0.25, 0.3) is 5.91 Å². The summed E-state index contributed by atoms with van der Waals surface area (Å²) in [7, 11) is 1.40. The van der Waals surface area contributed by atoms with E-state index < -0.39 is 5.41 Å². The molecular formula is C19H22N4O3. The molecule has 1 aromatic heterocycles. The van der Waals surface area contributed by atoms with E-state index in [-0.39, 0.29) is 11.9 Å². The van der Waals surface area contributed by atoms with E-state index in [9.17, 15) is 9.59 Å². The molecule has 7 heteroatoms. The number of hydrogen-bond acceptors (Lipinski definition) is 5. The van der Waals surface area contributed by atoms with Crippen LogP contribution in [0.1, 0.15) is 28.3 Å². The van der Waals surface area contributed by atoms with Gasteiger partial charge in [0.15, 0.2) is 0 Å². The number of nitrogens with one attached hydrogen (secondary N) is 1. The van der Waals surface area contributed by atoms with Gasteiger partial charge in [-0.1, -0.05) is 30.3 Å². The van der Waals surface area contributed by atoms with Crippen molar-refractivity contribution in [2.45, 2.75) is 24.9 Å². The summed E-state index contributed by atoms with van der Waals surface area (Å²) in [6.07, 6.45) is 2.36. The van der Waals surface area contributed by atoms with E-state index in [0.717, 1.165) is 24.5 Å². The highest BCUT2D eigenvalue weighted by Crippen LogP contribution is 2.36. The minimum atomic E-state index is -0.813.